The summed E-state index contributed by atoms with van der Waals surface area (Å²) < 4.78 is 44.1. The lowest BCUT2D eigenvalue weighted by Gasteiger charge is -2.49. The Morgan fingerprint density at radius 2 is 1.07 bits per heavy atom. The Labute approximate surface area is 325 Å². The van der Waals surface area contributed by atoms with Crippen molar-refractivity contribution in [1.82, 2.24) is 0 Å². The van der Waals surface area contributed by atoms with Gasteiger partial charge in [0.15, 0.2) is 18.9 Å². The van der Waals surface area contributed by atoms with Crippen LogP contribution in [0.2, 0.25) is 0 Å². The third kappa shape index (κ3) is 7.94. The van der Waals surface area contributed by atoms with Crippen LogP contribution in [0.3, 0.4) is 0 Å². The van der Waals surface area contributed by atoms with E-state index in [-0.39, 0.29) is 19.8 Å². The molecular formula is C45H46O11. The van der Waals surface area contributed by atoms with Gasteiger partial charge in [-0.25, -0.2) is 0 Å². The highest BCUT2D eigenvalue weighted by Crippen LogP contribution is 2.42. The zero-order valence-corrected chi connectivity index (χ0v) is 30.6. The molecule has 292 valence electrons. The molecule has 3 saturated heterocycles. The fourth-order valence-electron chi connectivity index (χ4n) is 7.70. The maximum atomic E-state index is 11.8. The molecule has 0 aromatic heterocycles. The number of benzene rings is 5. The topological polar surface area (TPSA) is 146 Å². The van der Waals surface area contributed by atoms with Crippen LogP contribution >= 0.6 is 0 Å². The maximum absolute atomic E-state index is 11.8. The third-order valence-corrected chi connectivity index (χ3v) is 10.6. The van der Waals surface area contributed by atoms with E-state index in [1.165, 1.54) is 0 Å². The first-order valence-corrected chi connectivity index (χ1v) is 18.9. The van der Waals surface area contributed by atoms with Crippen LogP contribution in [-0.2, 0) is 45.4 Å². The van der Waals surface area contributed by atoms with Gasteiger partial charge in [-0.05, 0) is 22.3 Å². The summed E-state index contributed by atoms with van der Waals surface area (Å²) in [7, 11) is 0. The van der Waals surface area contributed by atoms with Crippen LogP contribution in [0.1, 0.15) is 34.1 Å². The van der Waals surface area contributed by atoms with Crippen LogP contribution in [0.4, 0.5) is 0 Å². The lowest BCUT2D eigenvalue weighted by molar-refractivity contribution is -0.387. The van der Waals surface area contributed by atoms with Crippen LogP contribution in [0.5, 0.6) is 0 Å². The van der Waals surface area contributed by atoms with Crippen molar-refractivity contribution < 1.29 is 53.6 Å². The van der Waals surface area contributed by atoms with Crippen LogP contribution in [-0.4, -0.2) is 95.1 Å². The SMILES string of the molecule is O[C@@H]1[C@@H](O)[C@@H](O[C@H]2[C@H](O)[C@@H](O)[C@H](OCc3ccccc3)O[C@@H]2COC(c2ccccc2)(c2ccccc2)c2ccccc2)O[C@@H]2CO[C@@H](c3ccccc3)O[C@@H]12. The molecule has 5 aromatic rings. The minimum Gasteiger partial charge on any atom is -0.387 e. The number of rotatable bonds is 12. The van der Waals surface area contributed by atoms with E-state index in [9.17, 15) is 20.4 Å². The number of fused-ring (bicyclic) bond motifs is 1. The molecular weight excluding hydrogens is 716 g/mol. The normalized spacial score (nSPS) is 30.7. The van der Waals surface area contributed by atoms with Crippen LogP contribution in [0.15, 0.2) is 152 Å². The van der Waals surface area contributed by atoms with Crippen molar-refractivity contribution in [1.29, 1.82) is 0 Å². The molecule has 0 saturated carbocycles. The van der Waals surface area contributed by atoms with Gasteiger partial charge in [-0.3, -0.25) is 0 Å². The molecule has 0 spiro atoms. The molecule has 3 aliphatic rings. The van der Waals surface area contributed by atoms with Gasteiger partial charge in [0, 0.05) is 5.56 Å². The monoisotopic (exact) mass is 762 g/mol. The van der Waals surface area contributed by atoms with Crippen molar-refractivity contribution in [3.05, 3.63) is 179 Å². The summed E-state index contributed by atoms with van der Waals surface area (Å²) in [4.78, 5) is 0. The van der Waals surface area contributed by atoms with Gasteiger partial charge in [0.25, 0.3) is 0 Å². The molecule has 3 aliphatic heterocycles. The van der Waals surface area contributed by atoms with Gasteiger partial charge in [0.2, 0.25) is 0 Å². The zero-order chi connectivity index (χ0) is 38.5. The molecule has 0 amide bonds. The fourth-order valence-corrected chi connectivity index (χ4v) is 7.70. The average Bonchev–Trinajstić information content (AvgIpc) is 3.26. The molecule has 11 heteroatoms. The van der Waals surface area contributed by atoms with Gasteiger partial charge in [0.05, 0.1) is 19.8 Å². The molecule has 56 heavy (non-hydrogen) atoms. The van der Waals surface area contributed by atoms with Crippen LogP contribution in [0.25, 0.3) is 0 Å². The zero-order valence-electron chi connectivity index (χ0n) is 30.6. The smallest absolute Gasteiger partial charge is 0.187 e. The van der Waals surface area contributed by atoms with Crippen molar-refractivity contribution in [2.75, 3.05) is 13.2 Å². The summed E-state index contributed by atoms with van der Waals surface area (Å²) >= 11 is 0. The van der Waals surface area contributed by atoms with Crippen molar-refractivity contribution in [3.63, 3.8) is 0 Å². The quantitative estimate of drug-likeness (QED) is 0.132. The fraction of sp³-hybridized carbons (Fsp3) is 0.333. The number of ether oxygens (including phenoxy) is 7. The highest BCUT2D eigenvalue weighted by atomic mass is 16.8. The van der Waals surface area contributed by atoms with Gasteiger partial charge in [-0.1, -0.05) is 152 Å². The number of aliphatic hydroxyl groups is 4. The van der Waals surface area contributed by atoms with Gasteiger partial charge >= 0.3 is 0 Å². The Balaban J connectivity index is 1.09. The number of hydrogen-bond acceptors (Lipinski definition) is 11. The predicted molar refractivity (Wildman–Crippen MR) is 203 cm³/mol. The largest absolute Gasteiger partial charge is 0.387 e. The summed E-state index contributed by atoms with van der Waals surface area (Å²) in [5.74, 6) is 0. The minimum absolute atomic E-state index is 0.0376. The second-order valence-electron chi connectivity index (χ2n) is 14.2. The second kappa shape index (κ2) is 17.4. The minimum atomic E-state index is -1.60. The van der Waals surface area contributed by atoms with E-state index in [1.54, 1.807) is 0 Å². The summed E-state index contributed by atoms with van der Waals surface area (Å²) in [6.07, 6.45) is -13.8. The van der Waals surface area contributed by atoms with Crippen molar-refractivity contribution in [2.24, 2.45) is 0 Å². The first-order valence-electron chi connectivity index (χ1n) is 18.9. The maximum Gasteiger partial charge on any atom is 0.187 e. The van der Waals surface area contributed by atoms with Crippen molar-refractivity contribution >= 4 is 0 Å². The van der Waals surface area contributed by atoms with E-state index in [2.05, 4.69) is 0 Å². The summed E-state index contributed by atoms with van der Waals surface area (Å²) in [5, 5.41) is 46.0. The van der Waals surface area contributed by atoms with E-state index in [4.69, 9.17) is 33.2 Å². The van der Waals surface area contributed by atoms with Crippen LogP contribution < -0.4 is 0 Å². The van der Waals surface area contributed by atoms with Gasteiger partial charge < -0.3 is 53.6 Å². The highest BCUT2D eigenvalue weighted by molar-refractivity contribution is 5.47. The second-order valence-corrected chi connectivity index (χ2v) is 14.2. The molecule has 0 aliphatic carbocycles. The summed E-state index contributed by atoms with van der Waals surface area (Å²) in [5.41, 5.74) is 2.97. The summed E-state index contributed by atoms with van der Waals surface area (Å²) in [6.45, 7) is -0.0450. The Hall–Kier alpha value is -4.34. The molecule has 0 unspecified atom stereocenters. The van der Waals surface area contributed by atoms with Gasteiger partial charge in [-0.2, -0.15) is 0 Å². The van der Waals surface area contributed by atoms with E-state index >= 15 is 0 Å². The molecule has 3 heterocycles. The lowest BCUT2D eigenvalue weighted by atomic mass is 9.80. The summed E-state index contributed by atoms with van der Waals surface area (Å²) in [6, 6.07) is 48.1. The Morgan fingerprint density at radius 3 is 1.64 bits per heavy atom. The molecule has 11 nitrogen and oxygen atoms in total. The van der Waals surface area contributed by atoms with Crippen LogP contribution in [0, 0.1) is 0 Å². The standard InChI is InChI=1S/C45H46O11/c46-36-38(48)43(50-26-29-16-6-1-7-17-29)53-35(28-52-45(31-20-10-3-11-21-31,32-22-12-4-13-23-32)33-24-14-5-15-25-33)41(36)56-44-39(49)37(47)40-34(54-44)27-51-42(55-40)30-18-8-2-9-19-30/h1-25,34-44,46-49H,26-28H2/t34-,35-,36-,37-,38-,39-,40-,41-,42-,43-,44-/m1/s1. The number of aliphatic hydroxyl groups excluding tert-OH is 4. The third-order valence-electron chi connectivity index (χ3n) is 10.6. The van der Waals surface area contributed by atoms with Crippen molar-refractivity contribution in [3.8, 4) is 0 Å². The first-order chi connectivity index (χ1) is 27.4. The number of hydrogen-bond donors (Lipinski definition) is 4. The predicted octanol–water partition coefficient (Wildman–Crippen LogP) is 4.60. The molecule has 8 rings (SSSR count). The molecule has 11 atom stereocenters. The molecule has 4 N–H and O–H groups in total. The van der Waals surface area contributed by atoms with E-state index in [0.717, 1.165) is 27.8 Å². The van der Waals surface area contributed by atoms with Crippen molar-refractivity contribution in [2.45, 2.75) is 79.9 Å². The molecule has 5 aromatic carbocycles. The highest BCUT2D eigenvalue weighted by Gasteiger charge is 2.54. The lowest BCUT2D eigenvalue weighted by Crippen LogP contribution is -2.66. The van der Waals surface area contributed by atoms with E-state index < -0.39 is 73.3 Å². The Morgan fingerprint density at radius 1 is 0.554 bits per heavy atom. The molecule has 3 fully saturated rings. The Kier molecular flexibility index (Phi) is 12.0. The molecule has 0 radical (unpaired) electrons. The average molecular weight is 763 g/mol. The van der Waals surface area contributed by atoms with E-state index in [1.807, 2.05) is 152 Å². The Bertz CT molecular complexity index is 1840. The molecule has 0 bridgehead atoms. The first kappa shape index (κ1) is 38.5. The van der Waals surface area contributed by atoms with Gasteiger partial charge in [-0.15, -0.1) is 0 Å². The van der Waals surface area contributed by atoms with E-state index in [0.29, 0.717) is 0 Å². The van der Waals surface area contributed by atoms with Gasteiger partial charge in [0.1, 0.15) is 54.4 Å².